The fraction of sp³-hybridized carbons (Fsp3) is 0.389. The molecule has 1 saturated heterocycles. The van der Waals surface area contributed by atoms with E-state index in [1.165, 1.54) is 4.88 Å². The van der Waals surface area contributed by atoms with Crippen LogP contribution in [0.15, 0.2) is 43.0 Å². The van der Waals surface area contributed by atoms with Crippen molar-refractivity contribution >= 4 is 33.2 Å². The molecule has 0 N–H and O–H groups in total. The maximum atomic E-state index is 6.27. The van der Waals surface area contributed by atoms with E-state index in [1.807, 2.05) is 30.6 Å². The number of hydrogen-bond acceptors (Lipinski definition) is 7. The molecule has 2 atom stereocenters. The van der Waals surface area contributed by atoms with Crippen LogP contribution < -0.4 is 0 Å². The lowest BCUT2D eigenvalue weighted by Crippen LogP contribution is -2.47. The first-order valence-electron chi connectivity index (χ1n) is 8.50. The van der Waals surface area contributed by atoms with Crippen LogP contribution in [0, 0.1) is 0 Å². The first-order chi connectivity index (χ1) is 12.7. The van der Waals surface area contributed by atoms with Crippen molar-refractivity contribution in [2.45, 2.75) is 18.3 Å². The third kappa shape index (κ3) is 3.87. The number of alkyl halides is 1. The summed E-state index contributed by atoms with van der Waals surface area (Å²) in [4.78, 5) is 18.9. The molecule has 0 amide bonds. The Morgan fingerprint density at radius 2 is 2.35 bits per heavy atom. The third-order valence-corrected chi connectivity index (χ3v) is 5.79. The minimum absolute atomic E-state index is 0.0846. The summed E-state index contributed by atoms with van der Waals surface area (Å²) in [5, 5.41) is 0. The van der Waals surface area contributed by atoms with Crippen LogP contribution in [0.2, 0.25) is 0 Å². The van der Waals surface area contributed by atoms with Gasteiger partial charge < -0.3 is 4.74 Å². The van der Waals surface area contributed by atoms with Gasteiger partial charge in [-0.1, -0.05) is 17.7 Å². The standard InChI is InChI=1S/C18H20ClN5OS/c1-23(10-13-4-2-3-5-21-13)18(24-6-7-25-17(19)11-24)15-8-14-16(26-15)9-20-12-22-14/h2-5,8-9,12,17-18H,6-7,10-11H2,1H3. The van der Waals surface area contributed by atoms with Gasteiger partial charge in [-0.05, 0) is 25.2 Å². The predicted molar refractivity (Wildman–Crippen MR) is 103 cm³/mol. The first-order valence-corrected chi connectivity index (χ1v) is 9.75. The normalized spacial score (nSPS) is 19.9. The van der Waals surface area contributed by atoms with Gasteiger partial charge in [0.05, 0.1) is 28.7 Å². The van der Waals surface area contributed by atoms with E-state index >= 15 is 0 Å². The zero-order valence-corrected chi connectivity index (χ0v) is 16.0. The van der Waals surface area contributed by atoms with E-state index in [1.54, 1.807) is 17.7 Å². The first kappa shape index (κ1) is 17.8. The van der Waals surface area contributed by atoms with Crippen LogP contribution in [-0.4, -0.2) is 57.1 Å². The molecular formula is C18H20ClN5OS. The number of thiophene rings is 1. The molecule has 0 spiro atoms. The highest BCUT2D eigenvalue weighted by atomic mass is 35.5. The molecule has 0 radical (unpaired) electrons. The van der Waals surface area contributed by atoms with Crippen LogP contribution in [-0.2, 0) is 11.3 Å². The van der Waals surface area contributed by atoms with Gasteiger partial charge in [0.15, 0.2) is 0 Å². The third-order valence-electron chi connectivity index (χ3n) is 4.43. The van der Waals surface area contributed by atoms with Gasteiger partial charge in [0.2, 0.25) is 0 Å². The molecule has 0 aliphatic carbocycles. The quantitative estimate of drug-likeness (QED) is 0.625. The number of ether oxygens (including phenoxy) is 1. The number of morpholine rings is 1. The van der Waals surface area contributed by atoms with Gasteiger partial charge in [0, 0.05) is 36.9 Å². The summed E-state index contributed by atoms with van der Waals surface area (Å²) in [7, 11) is 2.12. The second-order valence-electron chi connectivity index (χ2n) is 6.31. The summed E-state index contributed by atoms with van der Waals surface area (Å²) in [6, 6.07) is 8.16. The highest BCUT2D eigenvalue weighted by molar-refractivity contribution is 7.19. The highest BCUT2D eigenvalue weighted by Crippen LogP contribution is 2.35. The summed E-state index contributed by atoms with van der Waals surface area (Å²) in [6.45, 7) is 2.89. The molecule has 4 heterocycles. The van der Waals surface area contributed by atoms with Gasteiger partial charge in [-0.15, -0.1) is 11.3 Å². The molecule has 0 bridgehead atoms. The number of aromatic nitrogens is 3. The van der Waals surface area contributed by atoms with Crippen LogP contribution in [0.25, 0.3) is 10.2 Å². The number of fused-ring (bicyclic) bond motifs is 1. The molecule has 26 heavy (non-hydrogen) atoms. The number of halogens is 1. The lowest BCUT2D eigenvalue weighted by Gasteiger charge is -2.40. The molecule has 0 saturated carbocycles. The Labute approximate surface area is 161 Å². The van der Waals surface area contributed by atoms with Gasteiger partial charge in [-0.3, -0.25) is 14.8 Å². The lowest BCUT2D eigenvalue weighted by molar-refractivity contribution is -0.0437. The van der Waals surface area contributed by atoms with Crippen molar-refractivity contribution in [3.63, 3.8) is 0 Å². The van der Waals surface area contributed by atoms with Crippen LogP contribution in [0.5, 0.6) is 0 Å². The van der Waals surface area contributed by atoms with E-state index in [-0.39, 0.29) is 11.7 Å². The second kappa shape index (κ2) is 7.94. The van der Waals surface area contributed by atoms with Gasteiger partial charge in [-0.25, -0.2) is 9.97 Å². The fourth-order valence-electron chi connectivity index (χ4n) is 3.29. The zero-order valence-electron chi connectivity index (χ0n) is 14.5. The van der Waals surface area contributed by atoms with Crippen molar-refractivity contribution in [3.05, 3.63) is 53.6 Å². The van der Waals surface area contributed by atoms with Crippen LogP contribution in [0.3, 0.4) is 0 Å². The second-order valence-corrected chi connectivity index (χ2v) is 7.91. The molecule has 4 rings (SSSR count). The predicted octanol–water partition coefficient (Wildman–Crippen LogP) is 3.11. The lowest BCUT2D eigenvalue weighted by atomic mass is 10.2. The molecule has 1 aliphatic heterocycles. The molecule has 1 aliphatic rings. The summed E-state index contributed by atoms with van der Waals surface area (Å²) < 4.78 is 6.62. The SMILES string of the molecule is CN(Cc1ccccn1)C(c1cc2ncncc2s1)N1CCOC(Cl)C1. The van der Waals surface area contributed by atoms with Crippen LogP contribution >= 0.6 is 22.9 Å². The van der Waals surface area contributed by atoms with Crippen molar-refractivity contribution in [1.82, 2.24) is 24.8 Å². The zero-order chi connectivity index (χ0) is 17.9. The molecule has 3 aromatic heterocycles. The summed E-state index contributed by atoms with van der Waals surface area (Å²) in [5.41, 5.74) is 1.73. The topological polar surface area (TPSA) is 54.4 Å². The Morgan fingerprint density at radius 3 is 3.12 bits per heavy atom. The smallest absolute Gasteiger partial charge is 0.143 e. The molecule has 2 unspecified atom stereocenters. The number of pyridine rings is 1. The molecule has 6 nitrogen and oxygen atoms in total. The average molecular weight is 390 g/mol. The minimum atomic E-state index is -0.288. The molecule has 8 heteroatoms. The van der Waals surface area contributed by atoms with E-state index in [0.717, 1.165) is 29.0 Å². The van der Waals surface area contributed by atoms with Crippen molar-refractivity contribution in [2.24, 2.45) is 0 Å². The molecule has 136 valence electrons. The van der Waals surface area contributed by atoms with Gasteiger partial charge >= 0.3 is 0 Å². The Morgan fingerprint density at radius 1 is 1.42 bits per heavy atom. The van der Waals surface area contributed by atoms with Crippen molar-refractivity contribution in [3.8, 4) is 0 Å². The van der Waals surface area contributed by atoms with Crippen molar-refractivity contribution in [2.75, 3.05) is 26.7 Å². The van der Waals surface area contributed by atoms with E-state index in [4.69, 9.17) is 16.3 Å². The molecule has 0 aromatic carbocycles. The largest absolute Gasteiger partial charge is 0.360 e. The number of rotatable bonds is 5. The van der Waals surface area contributed by atoms with Gasteiger partial charge in [0.25, 0.3) is 0 Å². The summed E-state index contributed by atoms with van der Waals surface area (Å²) in [5.74, 6) is 0. The Bertz CT molecular complexity index is 828. The van der Waals surface area contributed by atoms with E-state index in [2.05, 4.69) is 37.9 Å². The summed E-state index contributed by atoms with van der Waals surface area (Å²) >= 11 is 8.00. The monoisotopic (exact) mass is 389 g/mol. The average Bonchev–Trinajstić information content (AvgIpc) is 3.06. The maximum Gasteiger partial charge on any atom is 0.143 e. The minimum Gasteiger partial charge on any atom is -0.360 e. The highest BCUT2D eigenvalue weighted by Gasteiger charge is 2.31. The van der Waals surface area contributed by atoms with Crippen LogP contribution in [0.1, 0.15) is 16.7 Å². The Kier molecular flexibility index (Phi) is 5.42. The maximum absolute atomic E-state index is 6.27. The molecule has 1 fully saturated rings. The number of hydrogen-bond donors (Lipinski definition) is 0. The van der Waals surface area contributed by atoms with E-state index in [9.17, 15) is 0 Å². The number of nitrogens with zero attached hydrogens (tertiary/aromatic N) is 5. The Hall–Kier alpha value is -1.64. The van der Waals surface area contributed by atoms with Crippen LogP contribution in [0.4, 0.5) is 0 Å². The van der Waals surface area contributed by atoms with Crippen molar-refractivity contribution < 1.29 is 4.74 Å². The van der Waals surface area contributed by atoms with Crippen molar-refractivity contribution in [1.29, 1.82) is 0 Å². The van der Waals surface area contributed by atoms with E-state index < -0.39 is 0 Å². The van der Waals surface area contributed by atoms with Gasteiger partial charge in [-0.2, -0.15) is 0 Å². The Balaban J connectivity index is 1.66. The summed E-state index contributed by atoms with van der Waals surface area (Å²) in [6.07, 6.45) is 5.38. The molecular weight excluding hydrogens is 370 g/mol. The van der Waals surface area contributed by atoms with Gasteiger partial charge in [0.1, 0.15) is 11.9 Å². The van der Waals surface area contributed by atoms with E-state index in [0.29, 0.717) is 13.2 Å². The molecule has 3 aromatic rings. The fourth-order valence-corrected chi connectivity index (χ4v) is 4.74.